The predicted molar refractivity (Wildman–Crippen MR) is 135 cm³/mol. The Morgan fingerprint density at radius 2 is 1.91 bits per heavy atom. The first-order chi connectivity index (χ1) is 15.2. The predicted octanol–water partition coefficient (Wildman–Crippen LogP) is 3.00. The van der Waals surface area contributed by atoms with Crippen LogP contribution in [0.2, 0.25) is 0 Å². The van der Waals surface area contributed by atoms with Gasteiger partial charge in [0.2, 0.25) is 0 Å². The summed E-state index contributed by atoms with van der Waals surface area (Å²) >= 11 is 6.74. The van der Waals surface area contributed by atoms with E-state index < -0.39 is 0 Å². The van der Waals surface area contributed by atoms with E-state index in [1.165, 1.54) is 11.8 Å². The second-order valence-corrected chi connectivity index (χ2v) is 10.6. The molecule has 2 aliphatic heterocycles. The molecule has 9 heteroatoms. The molecule has 7 nitrogen and oxygen atoms in total. The fourth-order valence-electron chi connectivity index (χ4n) is 3.84. The van der Waals surface area contributed by atoms with Gasteiger partial charge in [-0.05, 0) is 44.0 Å². The number of aryl methyl sites for hydroxylation is 1. The van der Waals surface area contributed by atoms with Crippen molar-refractivity contribution in [2.45, 2.75) is 27.2 Å². The number of pyridine rings is 1. The molecule has 2 aromatic heterocycles. The smallest absolute Gasteiger partial charge is 0.267 e. The van der Waals surface area contributed by atoms with Gasteiger partial charge in [-0.25, -0.2) is 4.98 Å². The quantitative estimate of drug-likeness (QED) is 0.491. The van der Waals surface area contributed by atoms with Crippen molar-refractivity contribution in [1.29, 1.82) is 0 Å². The van der Waals surface area contributed by atoms with Crippen LogP contribution < -0.4 is 10.5 Å². The third kappa shape index (κ3) is 4.60. The van der Waals surface area contributed by atoms with Crippen molar-refractivity contribution >= 4 is 51.7 Å². The number of piperazine rings is 1. The van der Waals surface area contributed by atoms with Crippen LogP contribution in [0.25, 0.3) is 11.7 Å². The highest BCUT2D eigenvalue weighted by Gasteiger charge is 2.33. The highest BCUT2D eigenvalue weighted by atomic mass is 32.2. The van der Waals surface area contributed by atoms with Gasteiger partial charge in [0.25, 0.3) is 11.5 Å². The monoisotopic (exact) mass is 471 g/mol. The molecule has 2 aromatic rings. The molecule has 4 rings (SSSR count). The lowest BCUT2D eigenvalue weighted by atomic mass is 10.1. The van der Waals surface area contributed by atoms with Crippen LogP contribution in [0.1, 0.15) is 31.4 Å². The van der Waals surface area contributed by atoms with Gasteiger partial charge in [0.05, 0.1) is 10.5 Å². The summed E-state index contributed by atoms with van der Waals surface area (Å²) in [4.78, 5) is 38.0. The molecule has 0 N–H and O–H groups in total. The Morgan fingerprint density at radius 1 is 1.19 bits per heavy atom. The first kappa shape index (κ1) is 22.9. The third-order valence-corrected chi connectivity index (χ3v) is 7.25. The maximum absolute atomic E-state index is 13.6. The minimum absolute atomic E-state index is 0.126. The molecule has 0 bridgehead atoms. The van der Waals surface area contributed by atoms with Crippen molar-refractivity contribution < 1.29 is 4.79 Å². The normalized spacial score (nSPS) is 19.2. The summed E-state index contributed by atoms with van der Waals surface area (Å²) in [5.74, 6) is 0.989. The fourth-order valence-corrected chi connectivity index (χ4v) is 5.13. The van der Waals surface area contributed by atoms with Crippen LogP contribution in [0.4, 0.5) is 5.82 Å². The lowest BCUT2D eigenvalue weighted by molar-refractivity contribution is -0.122. The van der Waals surface area contributed by atoms with Crippen LogP contribution in [-0.4, -0.2) is 69.2 Å². The number of fused-ring (bicyclic) bond motifs is 1. The van der Waals surface area contributed by atoms with E-state index in [1.54, 1.807) is 21.6 Å². The topological polar surface area (TPSA) is 61.2 Å². The summed E-state index contributed by atoms with van der Waals surface area (Å²) in [6.45, 7) is 10.1. The number of carbonyl (C=O) groups is 1. The molecule has 1 amide bonds. The molecule has 170 valence electrons. The van der Waals surface area contributed by atoms with Crippen molar-refractivity contribution in [3.63, 3.8) is 0 Å². The maximum atomic E-state index is 13.6. The van der Waals surface area contributed by atoms with E-state index in [0.717, 1.165) is 38.2 Å². The van der Waals surface area contributed by atoms with Gasteiger partial charge in [-0.2, -0.15) is 0 Å². The van der Waals surface area contributed by atoms with Crippen LogP contribution in [0.5, 0.6) is 0 Å². The van der Waals surface area contributed by atoms with Crippen molar-refractivity contribution in [3.8, 4) is 0 Å². The lowest BCUT2D eigenvalue weighted by Gasteiger charge is -2.34. The first-order valence-corrected chi connectivity index (χ1v) is 12.2. The molecule has 0 atom stereocenters. The summed E-state index contributed by atoms with van der Waals surface area (Å²) in [7, 11) is 2.09. The molecular formula is C23H29N5O2S2. The standard InChI is InChI=1S/C23H29N5O2S2/c1-15(2)7-8-27-22(30)18(32-23(27)31)13-17-20(26-11-9-25(4)10-12-26)24-19-6-5-16(3)14-28(19)21(17)29/h5-6,13-15H,7-12H2,1-4H3. The zero-order valence-electron chi connectivity index (χ0n) is 19.0. The van der Waals surface area contributed by atoms with Gasteiger partial charge in [-0.3, -0.25) is 18.9 Å². The van der Waals surface area contributed by atoms with E-state index in [1.807, 2.05) is 19.1 Å². The average Bonchev–Trinajstić information content (AvgIpc) is 3.02. The molecule has 0 spiro atoms. The van der Waals surface area contributed by atoms with Gasteiger partial charge in [-0.1, -0.05) is 43.9 Å². The Balaban J connectivity index is 1.79. The zero-order valence-corrected chi connectivity index (χ0v) is 20.6. The van der Waals surface area contributed by atoms with Gasteiger partial charge < -0.3 is 9.80 Å². The van der Waals surface area contributed by atoms with E-state index in [2.05, 4.69) is 30.7 Å². The van der Waals surface area contributed by atoms with E-state index in [-0.39, 0.29) is 11.5 Å². The summed E-state index contributed by atoms with van der Waals surface area (Å²) in [5.41, 5.74) is 1.86. The van der Waals surface area contributed by atoms with E-state index in [9.17, 15) is 9.59 Å². The molecule has 2 aliphatic rings. The highest BCUT2D eigenvalue weighted by molar-refractivity contribution is 8.26. The molecule has 0 aliphatic carbocycles. The van der Waals surface area contributed by atoms with Crippen LogP contribution in [0.3, 0.4) is 0 Å². The number of thioether (sulfide) groups is 1. The molecule has 0 aromatic carbocycles. The van der Waals surface area contributed by atoms with Crippen LogP contribution in [0.15, 0.2) is 28.0 Å². The Kier molecular flexibility index (Phi) is 6.69. The van der Waals surface area contributed by atoms with Gasteiger partial charge in [0.1, 0.15) is 15.8 Å². The Hall–Kier alpha value is -2.23. The molecule has 4 heterocycles. The Bertz CT molecular complexity index is 1150. The lowest BCUT2D eigenvalue weighted by Crippen LogP contribution is -2.45. The van der Waals surface area contributed by atoms with Gasteiger partial charge in [0, 0.05) is 38.9 Å². The number of aromatic nitrogens is 2. The Morgan fingerprint density at radius 3 is 2.59 bits per heavy atom. The zero-order chi connectivity index (χ0) is 23.0. The number of rotatable bonds is 5. The van der Waals surface area contributed by atoms with E-state index in [0.29, 0.717) is 38.7 Å². The van der Waals surface area contributed by atoms with Crippen LogP contribution >= 0.6 is 24.0 Å². The third-order valence-electron chi connectivity index (χ3n) is 5.87. The summed E-state index contributed by atoms with van der Waals surface area (Å²) in [6.07, 6.45) is 4.38. The molecule has 2 fully saturated rings. The molecular weight excluding hydrogens is 442 g/mol. The minimum Gasteiger partial charge on any atom is -0.353 e. The summed E-state index contributed by atoms with van der Waals surface area (Å²) in [5, 5.41) is 0. The molecule has 0 saturated carbocycles. The number of anilines is 1. The van der Waals surface area contributed by atoms with Crippen molar-refractivity contribution in [1.82, 2.24) is 19.2 Å². The van der Waals surface area contributed by atoms with Crippen LogP contribution in [0, 0.1) is 12.8 Å². The number of carbonyl (C=O) groups excluding carboxylic acids is 1. The SMILES string of the molecule is Cc1ccc2nc(N3CCN(C)CC3)c(C=C3SC(=S)N(CCC(C)C)C3=O)c(=O)n2c1. The average molecular weight is 472 g/mol. The van der Waals surface area contributed by atoms with Crippen molar-refractivity contribution in [2.24, 2.45) is 5.92 Å². The molecule has 0 unspecified atom stereocenters. The Labute approximate surface area is 198 Å². The van der Waals surface area contributed by atoms with E-state index >= 15 is 0 Å². The van der Waals surface area contributed by atoms with Gasteiger partial charge in [-0.15, -0.1) is 0 Å². The second-order valence-electron chi connectivity index (χ2n) is 8.90. The van der Waals surface area contributed by atoms with E-state index in [4.69, 9.17) is 17.2 Å². The maximum Gasteiger partial charge on any atom is 0.267 e. The molecule has 0 radical (unpaired) electrons. The highest BCUT2D eigenvalue weighted by Crippen LogP contribution is 2.34. The number of hydrogen-bond donors (Lipinski definition) is 0. The van der Waals surface area contributed by atoms with Crippen molar-refractivity contribution in [3.05, 3.63) is 44.7 Å². The largest absolute Gasteiger partial charge is 0.353 e. The number of hydrogen-bond acceptors (Lipinski definition) is 7. The number of nitrogens with zero attached hydrogens (tertiary/aromatic N) is 5. The second kappa shape index (κ2) is 9.33. The summed E-state index contributed by atoms with van der Waals surface area (Å²) in [6, 6.07) is 3.82. The first-order valence-electron chi connectivity index (χ1n) is 11.0. The van der Waals surface area contributed by atoms with Gasteiger partial charge >= 0.3 is 0 Å². The number of amides is 1. The number of thiocarbonyl (C=S) groups is 1. The molecule has 32 heavy (non-hydrogen) atoms. The molecule has 2 saturated heterocycles. The van der Waals surface area contributed by atoms with Gasteiger partial charge in [0.15, 0.2) is 0 Å². The number of likely N-dealkylation sites (N-methyl/N-ethyl adjacent to an activating group) is 1. The minimum atomic E-state index is -0.167. The van der Waals surface area contributed by atoms with Crippen LogP contribution in [-0.2, 0) is 4.79 Å². The van der Waals surface area contributed by atoms with Crippen molar-refractivity contribution in [2.75, 3.05) is 44.7 Å². The fraction of sp³-hybridized carbons (Fsp3) is 0.478. The summed E-state index contributed by atoms with van der Waals surface area (Å²) < 4.78 is 2.12.